The van der Waals surface area contributed by atoms with E-state index in [0.29, 0.717) is 21.9 Å². The average molecular weight is 461 g/mol. The number of thiazole rings is 1. The molecule has 2 aromatic carbocycles. The van der Waals surface area contributed by atoms with E-state index in [2.05, 4.69) is 20.6 Å². The van der Waals surface area contributed by atoms with Crippen LogP contribution >= 0.6 is 11.3 Å². The zero-order valence-corrected chi connectivity index (χ0v) is 18.1. The summed E-state index contributed by atoms with van der Waals surface area (Å²) < 4.78 is 42.1. The zero-order valence-electron chi connectivity index (χ0n) is 17.2. The van der Waals surface area contributed by atoms with E-state index in [1.807, 2.05) is 0 Å². The molecule has 0 aliphatic carbocycles. The molecule has 2 heterocycles. The van der Waals surface area contributed by atoms with Gasteiger partial charge in [0.1, 0.15) is 5.52 Å². The highest BCUT2D eigenvalue weighted by Crippen LogP contribution is 2.34. The number of carbonyl (C=O) groups is 2. The Morgan fingerprint density at radius 2 is 1.84 bits per heavy atom. The molecule has 0 saturated heterocycles. The summed E-state index contributed by atoms with van der Waals surface area (Å²) in [6.07, 6.45) is -4.61. The van der Waals surface area contributed by atoms with Gasteiger partial charge in [-0.2, -0.15) is 13.2 Å². The smallest absolute Gasteiger partial charge is 0.320 e. The maximum atomic E-state index is 13.4. The summed E-state index contributed by atoms with van der Waals surface area (Å²) in [6.45, 7) is 4.65. The van der Waals surface area contributed by atoms with Gasteiger partial charge in [-0.05, 0) is 44.2 Å². The van der Waals surface area contributed by atoms with Crippen LogP contribution in [0.15, 0.2) is 36.4 Å². The van der Waals surface area contributed by atoms with Crippen LogP contribution in [0, 0.1) is 0 Å². The standard InChI is InChI=1S/C21H18F3N5O2S/c1-10(2)29-15-8-7-12(9-14(15)27-19(29)21(22,23)24)18(31)26-13-5-4-6-16-17(13)28-20(32-16)25-11(3)30/h4-10H,1-3H3,(H,26,31)(H,25,28,30). The molecule has 2 amide bonds. The number of alkyl halides is 3. The van der Waals surface area contributed by atoms with Crippen molar-refractivity contribution in [3.63, 3.8) is 0 Å². The van der Waals surface area contributed by atoms with Crippen LogP contribution in [0.2, 0.25) is 0 Å². The van der Waals surface area contributed by atoms with Crippen molar-refractivity contribution in [3.05, 3.63) is 47.8 Å². The predicted molar refractivity (Wildman–Crippen MR) is 117 cm³/mol. The molecule has 0 saturated carbocycles. The topological polar surface area (TPSA) is 88.9 Å². The van der Waals surface area contributed by atoms with Crippen molar-refractivity contribution >= 4 is 55.2 Å². The minimum Gasteiger partial charge on any atom is -0.320 e. The highest BCUT2D eigenvalue weighted by Gasteiger charge is 2.38. The van der Waals surface area contributed by atoms with Crippen molar-refractivity contribution in [3.8, 4) is 0 Å². The van der Waals surface area contributed by atoms with Crippen molar-refractivity contribution in [2.45, 2.75) is 33.0 Å². The molecule has 0 aliphatic rings. The van der Waals surface area contributed by atoms with Crippen molar-refractivity contribution in [2.24, 2.45) is 0 Å². The normalized spacial score (nSPS) is 12.0. The Labute approximate surface area is 184 Å². The summed E-state index contributed by atoms with van der Waals surface area (Å²) in [7, 11) is 0. The molecule has 0 aliphatic heterocycles. The molecule has 32 heavy (non-hydrogen) atoms. The third-order valence-electron chi connectivity index (χ3n) is 4.67. The maximum absolute atomic E-state index is 13.4. The van der Waals surface area contributed by atoms with Crippen molar-refractivity contribution in [2.75, 3.05) is 10.6 Å². The molecule has 0 bridgehead atoms. The third-order valence-corrected chi connectivity index (χ3v) is 5.61. The number of para-hydroxylation sites is 1. The summed E-state index contributed by atoms with van der Waals surface area (Å²) in [4.78, 5) is 32.2. The van der Waals surface area contributed by atoms with Crippen molar-refractivity contribution in [1.82, 2.24) is 14.5 Å². The first-order valence-electron chi connectivity index (χ1n) is 9.62. The van der Waals surface area contributed by atoms with Crippen LogP contribution in [0.1, 0.15) is 43.0 Å². The van der Waals surface area contributed by atoms with Crippen molar-refractivity contribution < 1.29 is 22.8 Å². The van der Waals surface area contributed by atoms with E-state index in [9.17, 15) is 22.8 Å². The number of aromatic nitrogens is 3. The van der Waals surface area contributed by atoms with E-state index in [1.165, 1.54) is 36.5 Å². The molecule has 0 fully saturated rings. The SMILES string of the molecule is CC(=O)Nc1nc2c(NC(=O)c3ccc4c(c3)nc(C(F)(F)F)n4C(C)C)cccc2s1. The number of halogens is 3. The number of nitrogens with one attached hydrogen (secondary N) is 2. The largest absolute Gasteiger partial charge is 0.449 e. The van der Waals surface area contributed by atoms with Gasteiger partial charge in [-0.15, -0.1) is 0 Å². The maximum Gasteiger partial charge on any atom is 0.449 e. The Bertz CT molecular complexity index is 1360. The Morgan fingerprint density at radius 3 is 2.50 bits per heavy atom. The van der Waals surface area contributed by atoms with E-state index < -0.39 is 23.9 Å². The fraction of sp³-hybridized carbons (Fsp3) is 0.238. The number of nitrogens with zero attached hydrogens (tertiary/aromatic N) is 3. The van der Waals surface area contributed by atoms with Crippen LogP contribution < -0.4 is 10.6 Å². The Kier molecular flexibility index (Phi) is 5.37. The molecule has 166 valence electrons. The van der Waals surface area contributed by atoms with Crippen LogP contribution in [-0.2, 0) is 11.0 Å². The first-order valence-corrected chi connectivity index (χ1v) is 10.4. The fourth-order valence-electron chi connectivity index (χ4n) is 3.41. The number of imidazole rings is 1. The van der Waals surface area contributed by atoms with Crippen molar-refractivity contribution in [1.29, 1.82) is 0 Å². The second kappa shape index (κ2) is 7.90. The van der Waals surface area contributed by atoms with Gasteiger partial charge in [0.15, 0.2) is 5.13 Å². The molecule has 2 N–H and O–H groups in total. The number of fused-ring (bicyclic) bond motifs is 2. The van der Waals surface area contributed by atoms with Crippen LogP contribution in [-0.4, -0.2) is 26.3 Å². The molecule has 0 atom stereocenters. The van der Waals surface area contributed by atoms with Gasteiger partial charge in [0.2, 0.25) is 11.7 Å². The molecular weight excluding hydrogens is 443 g/mol. The van der Waals surface area contributed by atoms with Crippen LogP contribution in [0.3, 0.4) is 0 Å². The van der Waals surface area contributed by atoms with E-state index in [0.717, 1.165) is 9.27 Å². The molecule has 2 aromatic heterocycles. The second-order valence-corrected chi connectivity index (χ2v) is 8.44. The average Bonchev–Trinajstić information content (AvgIpc) is 3.28. The summed E-state index contributed by atoms with van der Waals surface area (Å²) in [6, 6.07) is 8.99. The van der Waals surface area contributed by atoms with Gasteiger partial charge in [0.05, 0.1) is 21.4 Å². The number of benzene rings is 2. The summed E-state index contributed by atoms with van der Waals surface area (Å²) in [5.41, 5.74) is 1.46. The first-order chi connectivity index (χ1) is 15.0. The minimum absolute atomic E-state index is 0.0819. The monoisotopic (exact) mass is 461 g/mol. The number of hydrogen-bond donors (Lipinski definition) is 2. The molecule has 4 rings (SSSR count). The molecular formula is C21H18F3N5O2S. The molecule has 11 heteroatoms. The van der Waals surface area contributed by atoms with Gasteiger partial charge >= 0.3 is 6.18 Å². The number of amides is 2. The molecule has 0 radical (unpaired) electrons. The zero-order chi connectivity index (χ0) is 23.2. The van der Waals surface area contributed by atoms with Gasteiger partial charge in [0, 0.05) is 18.5 Å². The van der Waals surface area contributed by atoms with Crippen LogP contribution in [0.5, 0.6) is 0 Å². The van der Waals surface area contributed by atoms with E-state index in [4.69, 9.17) is 0 Å². The van der Waals surface area contributed by atoms with E-state index >= 15 is 0 Å². The highest BCUT2D eigenvalue weighted by molar-refractivity contribution is 7.22. The lowest BCUT2D eigenvalue weighted by Gasteiger charge is -2.14. The molecule has 0 spiro atoms. The molecule has 4 aromatic rings. The lowest BCUT2D eigenvalue weighted by molar-refractivity contribution is -0.147. The van der Waals surface area contributed by atoms with Gasteiger partial charge < -0.3 is 15.2 Å². The Balaban J connectivity index is 1.69. The minimum atomic E-state index is -4.61. The van der Waals surface area contributed by atoms with E-state index in [-0.39, 0.29) is 17.0 Å². The Hall–Kier alpha value is -3.47. The summed E-state index contributed by atoms with van der Waals surface area (Å²) >= 11 is 1.26. The van der Waals surface area contributed by atoms with Gasteiger partial charge in [-0.25, -0.2) is 9.97 Å². The number of rotatable bonds is 4. The summed E-state index contributed by atoms with van der Waals surface area (Å²) in [5, 5.41) is 5.75. The highest BCUT2D eigenvalue weighted by atomic mass is 32.1. The lowest BCUT2D eigenvalue weighted by Crippen LogP contribution is -2.16. The molecule has 0 unspecified atom stereocenters. The second-order valence-electron chi connectivity index (χ2n) is 7.41. The predicted octanol–water partition coefficient (Wildman–Crippen LogP) is 5.46. The van der Waals surface area contributed by atoms with E-state index in [1.54, 1.807) is 32.0 Å². The third kappa shape index (κ3) is 4.03. The fourth-order valence-corrected chi connectivity index (χ4v) is 4.35. The number of anilines is 2. The quantitative estimate of drug-likeness (QED) is 0.423. The van der Waals surface area contributed by atoms with Gasteiger partial charge in [0.25, 0.3) is 5.91 Å². The number of hydrogen-bond acceptors (Lipinski definition) is 5. The van der Waals surface area contributed by atoms with Crippen LogP contribution in [0.4, 0.5) is 24.0 Å². The Morgan fingerprint density at radius 1 is 1.09 bits per heavy atom. The van der Waals surface area contributed by atoms with Crippen LogP contribution in [0.25, 0.3) is 21.3 Å². The lowest BCUT2D eigenvalue weighted by atomic mass is 10.1. The first kappa shape index (κ1) is 21.8. The number of carbonyl (C=O) groups excluding carboxylic acids is 2. The molecule has 7 nitrogen and oxygen atoms in total. The van der Waals surface area contributed by atoms with Gasteiger partial charge in [-0.1, -0.05) is 17.4 Å². The summed E-state index contributed by atoms with van der Waals surface area (Å²) in [5.74, 6) is -1.78. The van der Waals surface area contributed by atoms with Gasteiger partial charge in [-0.3, -0.25) is 9.59 Å².